The van der Waals surface area contributed by atoms with Crippen molar-refractivity contribution in [3.63, 3.8) is 0 Å². The van der Waals surface area contributed by atoms with E-state index < -0.39 is 5.82 Å². The summed E-state index contributed by atoms with van der Waals surface area (Å²) >= 11 is 1.19. The summed E-state index contributed by atoms with van der Waals surface area (Å²) in [5.41, 5.74) is 2.36. The molecule has 1 aromatic heterocycles. The van der Waals surface area contributed by atoms with Crippen molar-refractivity contribution < 1.29 is 18.8 Å². The summed E-state index contributed by atoms with van der Waals surface area (Å²) in [6.45, 7) is 2.57. The molecule has 1 fully saturated rings. The highest BCUT2D eigenvalue weighted by molar-refractivity contribution is 7.14. The predicted octanol–water partition coefficient (Wildman–Crippen LogP) is 4.28. The Balaban J connectivity index is 1.44. The van der Waals surface area contributed by atoms with E-state index in [0.29, 0.717) is 35.0 Å². The Kier molecular flexibility index (Phi) is 6.27. The van der Waals surface area contributed by atoms with Gasteiger partial charge in [0.1, 0.15) is 5.82 Å². The van der Waals surface area contributed by atoms with E-state index in [1.807, 2.05) is 6.07 Å². The smallest absolute Gasteiger partial charge is 0.257 e. The van der Waals surface area contributed by atoms with Gasteiger partial charge in [-0.15, -0.1) is 11.3 Å². The van der Waals surface area contributed by atoms with Crippen LogP contribution in [0.25, 0.3) is 11.3 Å². The van der Waals surface area contributed by atoms with Crippen molar-refractivity contribution in [2.24, 2.45) is 0 Å². The van der Waals surface area contributed by atoms with Crippen molar-refractivity contribution in [2.45, 2.75) is 26.3 Å². The number of nitrogens with zero attached hydrogens (tertiary/aromatic N) is 2. The van der Waals surface area contributed by atoms with E-state index in [-0.39, 0.29) is 23.3 Å². The number of hydrogen-bond donors (Lipinski definition) is 2. The van der Waals surface area contributed by atoms with Crippen LogP contribution < -0.4 is 10.6 Å². The van der Waals surface area contributed by atoms with Gasteiger partial charge < -0.3 is 10.2 Å². The third-order valence-corrected chi connectivity index (χ3v) is 5.78. The molecule has 7 nitrogen and oxygen atoms in total. The van der Waals surface area contributed by atoms with Crippen molar-refractivity contribution in [3.8, 4) is 11.3 Å². The first kappa shape index (κ1) is 21.6. The van der Waals surface area contributed by atoms with Crippen LogP contribution in [0, 0.1) is 5.82 Å². The van der Waals surface area contributed by atoms with Gasteiger partial charge in [0, 0.05) is 48.6 Å². The van der Waals surface area contributed by atoms with Crippen molar-refractivity contribution >= 4 is 39.9 Å². The maximum absolute atomic E-state index is 14.5. The molecule has 1 saturated heterocycles. The molecule has 0 unspecified atom stereocenters. The van der Waals surface area contributed by atoms with Gasteiger partial charge in [-0.1, -0.05) is 12.1 Å². The minimum absolute atomic E-state index is 0.132. The molecule has 0 aliphatic carbocycles. The van der Waals surface area contributed by atoms with Gasteiger partial charge in [0.2, 0.25) is 11.8 Å². The second kappa shape index (κ2) is 9.27. The highest BCUT2D eigenvalue weighted by atomic mass is 32.1. The summed E-state index contributed by atoms with van der Waals surface area (Å²) in [6, 6.07) is 11.5. The molecule has 164 valence electrons. The topological polar surface area (TPSA) is 91.4 Å². The summed E-state index contributed by atoms with van der Waals surface area (Å²) in [6.07, 6.45) is 1.44. The van der Waals surface area contributed by atoms with Gasteiger partial charge in [-0.05, 0) is 42.3 Å². The van der Waals surface area contributed by atoms with Gasteiger partial charge in [0.05, 0.1) is 5.69 Å². The van der Waals surface area contributed by atoms with Crippen LogP contribution in [0.15, 0.2) is 47.8 Å². The minimum Gasteiger partial charge on any atom is -0.338 e. The Bertz CT molecular complexity index is 1190. The van der Waals surface area contributed by atoms with Crippen molar-refractivity contribution in [1.29, 1.82) is 0 Å². The number of nitrogens with one attached hydrogen (secondary N) is 2. The number of anilines is 2. The number of aromatic nitrogens is 1. The van der Waals surface area contributed by atoms with E-state index >= 15 is 0 Å². The van der Waals surface area contributed by atoms with E-state index in [9.17, 15) is 18.8 Å². The first-order valence-electron chi connectivity index (χ1n) is 10.1. The standard InChI is InChI=1S/C23H21FN4O3S/c1-14(29)25-17-7-8-18(19(24)11-17)20-13-32-23(26-20)27-22(31)16-5-2-4-15(10-16)12-28-9-3-6-21(28)30/h2,4-5,7-8,10-11,13H,3,6,9,12H2,1H3,(H,25,29)(H,26,27,31). The monoisotopic (exact) mass is 452 g/mol. The summed E-state index contributed by atoms with van der Waals surface area (Å²) in [5.74, 6) is -1.01. The van der Waals surface area contributed by atoms with E-state index in [0.717, 1.165) is 18.5 Å². The molecule has 1 aliphatic rings. The summed E-state index contributed by atoms with van der Waals surface area (Å²) in [7, 11) is 0. The molecule has 4 rings (SSSR count). The fraction of sp³-hybridized carbons (Fsp3) is 0.217. The number of rotatable bonds is 6. The molecule has 0 atom stereocenters. The lowest BCUT2D eigenvalue weighted by molar-refractivity contribution is -0.128. The normalized spacial score (nSPS) is 13.3. The van der Waals surface area contributed by atoms with Crippen LogP contribution in [0.4, 0.5) is 15.2 Å². The SMILES string of the molecule is CC(=O)Nc1ccc(-c2csc(NC(=O)c3cccc(CN4CCCC4=O)c3)n2)c(F)c1. The highest BCUT2D eigenvalue weighted by Crippen LogP contribution is 2.29. The third-order valence-electron chi connectivity index (χ3n) is 5.02. The van der Waals surface area contributed by atoms with Gasteiger partial charge >= 0.3 is 0 Å². The zero-order valence-corrected chi connectivity index (χ0v) is 18.2. The molecule has 0 radical (unpaired) electrons. The van der Waals surface area contributed by atoms with Crippen LogP contribution in [-0.2, 0) is 16.1 Å². The fourth-order valence-corrected chi connectivity index (χ4v) is 4.24. The molecule has 0 spiro atoms. The Labute approximate surface area is 188 Å². The largest absolute Gasteiger partial charge is 0.338 e. The zero-order valence-electron chi connectivity index (χ0n) is 17.4. The number of halogens is 1. The molecule has 1 aliphatic heterocycles. The maximum atomic E-state index is 14.5. The van der Waals surface area contributed by atoms with Gasteiger partial charge in [0.15, 0.2) is 5.13 Å². The molecule has 2 aromatic carbocycles. The molecular weight excluding hydrogens is 431 g/mol. The molecule has 0 saturated carbocycles. The molecular formula is C23H21FN4O3S. The molecule has 3 aromatic rings. The van der Waals surface area contributed by atoms with Crippen molar-refractivity contribution in [2.75, 3.05) is 17.2 Å². The number of thiazole rings is 1. The number of carbonyl (C=O) groups is 3. The number of likely N-dealkylation sites (tertiary alicyclic amines) is 1. The second-order valence-corrected chi connectivity index (χ2v) is 8.35. The average molecular weight is 453 g/mol. The molecule has 2 heterocycles. The first-order valence-corrected chi connectivity index (χ1v) is 11.0. The molecule has 9 heteroatoms. The Morgan fingerprint density at radius 2 is 2.03 bits per heavy atom. The van der Waals surface area contributed by atoms with Crippen LogP contribution in [0.2, 0.25) is 0 Å². The lowest BCUT2D eigenvalue weighted by atomic mass is 10.1. The van der Waals surface area contributed by atoms with E-state index in [1.54, 1.807) is 34.5 Å². The van der Waals surface area contributed by atoms with Gasteiger partial charge in [0.25, 0.3) is 5.91 Å². The molecule has 32 heavy (non-hydrogen) atoms. The van der Waals surface area contributed by atoms with E-state index in [4.69, 9.17) is 0 Å². The number of benzene rings is 2. The second-order valence-electron chi connectivity index (χ2n) is 7.49. The van der Waals surface area contributed by atoms with Crippen LogP contribution in [0.5, 0.6) is 0 Å². The Hall–Kier alpha value is -3.59. The number of amides is 3. The predicted molar refractivity (Wildman–Crippen MR) is 121 cm³/mol. The van der Waals surface area contributed by atoms with Crippen LogP contribution >= 0.6 is 11.3 Å². The lowest BCUT2D eigenvalue weighted by Crippen LogP contribution is -2.24. The van der Waals surface area contributed by atoms with Crippen molar-refractivity contribution in [1.82, 2.24) is 9.88 Å². The molecule has 3 amide bonds. The van der Waals surface area contributed by atoms with Gasteiger partial charge in [-0.25, -0.2) is 9.37 Å². The average Bonchev–Trinajstić information content (AvgIpc) is 3.37. The van der Waals surface area contributed by atoms with E-state index in [1.165, 1.54) is 30.4 Å². The van der Waals surface area contributed by atoms with Crippen LogP contribution in [-0.4, -0.2) is 34.2 Å². The van der Waals surface area contributed by atoms with Gasteiger partial charge in [-0.2, -0.15) is 0 Å². The highest BCUT2D eigenvalue weighted by Gasteiger charge is 2.20. The fourth-order valence-electron chi connectivity index (χ4n) is 3.53. The van der Waals surface area contributed by atoms with Crippen LogP contribution in [0.1, 0.15) is 35.7 Å². The molecule has 2 N–H and O–H groups in total. The Morgan fingerprint density at radius 3 is 2.75 bits per heavy atom. The van der Waals surface area contributed by atoms with Crippen molar-refractivity contribution in [3.05, 3.63) is 64.8 Å². The van der Waals surface area contributed by atoms with Gasteiger partial charge in [-0.3, -0.25) is 19.7 Å². The minimum atomic E-state index is -0.524. The summed E-state index contributed by atoms with van der Waals surface area (Å²) in [4.78, 5) is 41.8. The zero-order chi connectivity index (χ0) is 22.7. The number of hydrogen-bond acceptors (Lipinski definition) is 5. The maximum Gasteiger partial charge on any atom is 0.257 e. The van der Waals surface area contributed by atoms with E-state index in [2.05, 4.69) is 15.6 Å². The number of carbonyl (C=O) groups excluding carboxylic acids is 3. The summed E-state index contributed by atoms with van der Waals surface area (Å²) in [5, 5.41) is 7.27. The molecule has 0 bridgehead atoms. The quantitative estimate of drug-likeness (QED) is 0.584. The lowest BCUT2D eigenvalue weighted by Gasteiger charge is -2.15. The van der Waals surface area contributed by atoms with Crippen LogP contribution in [0.3, 0.4) is 0 Å². The third kappa shape index (κ3) is 5.00. The first-order chi connectivity index (χ1) is 15.4. The Morgan fingerprint density at radius 1 is 1.19 bits per heavy atom. The summed E-state index contributed by atoms with van der Waals surface area (Å²) < 4.78 is 14.5.